The van der Waals surface area contributed by atoms with Gasteiger partial charge in [-0.3, -0.25) is 4.79 Å². The Balaban J connectivity index is 3.09. The van der Waals surface area contributed by atoms with Gasteiger partial charge in [-0.05, 0) is 18.2 Å². The summed E-state index contributed by atoms with van der Waals surface area (Å²) in [4.78, 5) is 10.8. The Bertz CT molecular complexity index is 339. The minimum atomic E-state index is -3.08. The molecule has 0 saturated carbocycles. The van der Waals surface area contributed by atoms with Gasteiger partial charge < -0.3 is 5.11 Å². The summed E-state index contributed by atoms with van der Waals surface area (Å²) in [5, 5.41) is 8.70. The molecule has 0 aliphatic rings. The number of alkyl halides is 2. The summed E-state index contributed by atoms with van der Waals surface area (Å²) in [7, 11) is 0. The maximum atomic E-state index is 11.9. The molecule has 0 radical (unpaired) electrons. The zero-order valence-electron chi connectivity index (χ0n) is 6.30. The minimum Gasteiger partial charge on any atom is -0.508 e. The lowest BCUT2D eigenvalue weighted by Gasteiger charge is -2.02. The van der Waals surface area contributed by atoms with E-state index in [2.05, 4.69) is 0 Å². The van der Waals surface area contributed by atoms with Gasteiger partial charge in [0, 0.05) is 5.56 Å². The van der Waals surface area contributed by atoms with Crippen molar-refractivity contribution in [2.45, 2.75) is 6.43 Å². The molecule has 1 aromatic carbocycles. The first kappa shape index (κ1) is 9.92. The Morgan fingerprint density at radius 2 is 2.08 bits per heavy atom. The maximum Gasteiger partial charge on any atom is 0.300 e. The van der Waals surface area contributed by atoms with E-state index in [0.717, 1.165) is 18.2 Å². The SMILES string of the molecule is O=C(c1ccc(O)cc1Cl)C(F)F. The number of Topliss-reactive ketones (excluding diaryl/α,β-unsaturated/α-hetero) is 1. The van der Waals surface area contributed by atoms with Crippen molar-refractivity contribution in [3.05, 3.63) is 28.8 Å². The fourth-order valence-corrected chi connectivity index (χ4v) is 1.09. The highest BCUT2D eigenvalue weighted by Gasteiger charge is 2.20. The molecular weight excluding hydrogens is 202 g/mol. The van der Waals surface area contributed by atoms with Crippen molar-refractivity contribution in [1.29, 1.82) is 0 Å². The molecule has 0 atom stereocenters. The Kier molecular flexibility index (Phi) is 2.83. The quantitative estimate of drug-likeness (QED) is 0.755. The van der Waals surface area contributed by atoms with Gasteiger partial charge in [-0.1, -0.05) is 11.6 Å². The number of ketones is 1. The minimum absolute atomic E-state index is 0.171. The molecule has 1 aromatic rings. The molecule has 2 nitrogen and oxygen atoms in total. The van der Waals surface area contributed by atoms with Crippen LogP contribution in [0.3, 0.4) is 0 Å². The van der Waals surface area contributed by atoms with Gasteiger partial charge >= 0.3 is 6.43 Å². The summed E-state index contributed by atoms with van der Waals surface area (Å²) in [5.74, 6) is -1.51. The third-order valence-corrected chi connectivity index (χ3v) is 1.73. The number of carbonyl (C=O) groups is 1. The summed E-state index contributed by atoms with van der Waals surface area (Å²) in [5.41, 5.74) is -0.283. The molecule has 1 rings (SSSR count). The van der Waals surface area contributed by atoms with E-state index in [1.807, 2.05) is 0 Å². The van der Waals surface area contributed by atoms with Gasteiger partial charge in [0.05, 0.1) is 5.02 Å². The number of carbonyl (C=O) groups excluding carboxylic acids is 1. The van der Waals surface area contributed by atoms with E-state index in [9.17, 15) is 13.6 Å². The number of phenolic OH excluding ortho intramolecular Hbond substituents is 1. The lowest BCUT2D eigenvalue weighted by molar-refractivity contribution is 0.0679. The maximum absolute atomic E-state index is 11.9. The van der Waals surface area contributed by atoms with Gasteiger partial charge in [-0.15, -0.1) is 0 Å². The molecule has 0 fully saturated rings. The van der Waals surface area contributed by atoms with Crippen LogP contribution in [0.25, 0.3) is 0 Å². The summed E-state index contributed by atoms with van der Waals surface area (Å²) in [6.45, 7) is 0. The molecule has 0 unspecified atom stereocenters. The van der Waals surface area contributed by atoms with Crippen molar-refractivity contribution >= 4 is 17.4 Å². The molecule has 1 N–H and O–H groups in total. The van der Waals surface area contributed by atoms with Crippen molar-refractivity contribution in [2.24, 2.45) is 0 Å². The second kappa shape index (κ2) is 3.70. The second-order valence-electron chi connectivity index (χ2n) is 2.33. The molecule has 0 aromatic heterocycles. The zero-order chi connectivity index (χ0) is 10.0. The highest BCUT2D eigenvalue weighted by Crippen LogP contribution is 2.23. The van der Waals surface area contributed by atoms with E-state index in [-0.39, 0.29) is 16.3 Å². The molecule has 0 spiro atoms. The van der Waals surface area contributed by atoms with E-state index in [1.165, 1.54) is 0 Å². The van der Waals surface area contributed by atoms with Crippen LogP contribution in [0.5, 0.6) is 5.75 Å². The summed E-state index contributed by atoms with van der Waals surface area (Å²) >= 11 is 5.45. The number of hydrogen-bond donors (Lipinski definition) is 1. The molecule has 0 heterocycles. The van der Waals surface area contributed by atoms with Gasteiger partial charge in [0.1, 0.15) is 5.75 Å². The van der Waals surface area contributed by atoms with Crippen LogP contribution in [0, 0.1) is 0 Å². The number of benzene rings is 1. The van der Waals surface area contributed by atoms with Crippen LogP contribution in [0.1, 0.15) is 10.4 Å². The smallest absolute Gasteiger partial charge is 0.300 e. The first-order valence-electron chi connectivity index (χ1n) is 3.33. The van der Waals surface area contributed by atoms with Crippen LogP contribution >= 0.6 is 11.6 Å². The molecular formula is C8H5ClF2O2. The third kappa shape index (κ3) is 2.15. The van der Waals surface area contributed by atoms with Gasteiger partial charge in [0.2, 0.25) is 5.78 Å². The second-order valence-corrected chi connectivity index (χ2v) is 2.74. The third-order valence-electron chi connectivity index (χ3n) is 1.42. The summed E-state index contributed by atoms with van der Waals surface area (Å²) in [6.07, 6.45) is -3.08. The topological polar surface area (TPSA) is 37.3 Å². The Labute approximate surface area is 77.8 Å². The fourth-order valence-electron chi connectivity index (χ4n) is 0.821. The largest absolute Gasteiger partial charge is 0.508 e. The van der Waals surface area contributed by atoms with Crippen LogP contribution in [0.2, 0.25) is 5.02 Å². The summed E-state index contributed by atoms with van der Waals surface area (Å²) in [6, 6.07) is 3.23. The Hall–Kier alpha value is -1.16. The highest BCUT2D eigenvalue weighted by atomic mass is 35.5. The molecule has 70 valence electrons. The molecule has 0 aliphatic carbocycles. The number of rotatable bonds is 2. The van der Waals surface area contributed by atoms with Gasteiger partial charge in [0.15, 0.2) is 0 Å². The normalized spacial score (nSPS) is 10.5. The average Bonchev–Trinajstić information content (AvgIpc) is 2.03. The van der Waals surface area contributed by atoms with E-state index in [1.54, 1.807) is 0 Å². The number of aromatic hydroxyl groups is 1. The number of phenols is 1. The monoisotopic (exact) mass is 206 g/mol. The molecule has 0 amide bonds. The van der Waals surface area contributed by atoms with Crippen LogP contribution in [-0.2, 0) is 0 Å². The lowest BCUT2D eigenvalue weighted by Crippen LogP contribution is -2.10. The number of hydrogen-bond acceptors (Lipinski definition) is 2. The van der Waals surface area contributed by atoms with Crippen LogP contribution < -0.4 is 0 Å². The zero-order valence-corrected chi connectivity index (χ0v) is 7.05. The fraction of sp³-hybridized carbons (Fsp3) is 0.125. The van der Waals surface area contributed by atoms with E-state index >= 15 is 0 Å². The first-order chi connectivity index (χ1) is 6.02. The predicted octanol–water partition coefficient (Wildman–Crippen LogP) is 2.49. The Morgan fingerprint density at radius 1 is 1.46 bits per heavy atom. The van der Waals surface area contributed by atoms with Crippen molar-refractivity contribution in [3.63, 3.8) is 0 Å². The van der Waals surface area contributed by atoms with Crippen molar-refractivity contribution in [3.8, 4) is 5.75 Å². The van der Waals surface area contributed by atoms with Gasteiger partial charge in [0.25, 0.3) is 0 Å². The van der Waals surface area contributed by atoms with Crippen molar-refractivity contribution in [2.75, 3.05) is 0 Å². The van der Waals surface area contributed by atoms with Crippen LogP contribution in [0.15, 0.2) is 18.2 Å². The lowest BCUT2D eigenvalue weighted by atomic mass is 10.1. The van der Waals surface area contributed by atoms with E-state index in [4.69, 9.17) is 16.7 Å². The van der Waals surface area contributed by atoms with Gasteiger partial charge in [-0.25, -0.2) is 8.78 Å². The van der Waals surface area contributed by atoms with Crippen LogP contribution in [-0.4, -0.2) is 17.3 Å². The molecule has 0 saturated heterocycles. The molecule has 13 heavy (non-hydrogen) atoms. The first-order valence-corrected chi connectivity index (χ1v) is 3.71. The van der Waals surface area contributed by atoms with Gasteiger partial charge in [-0.2, -0.15) is 0 Å². The molecule has 5 heteroatoms. The molecule has 0 aliphatic heterocycles. The highest BCUT2D eigenvalue weighted by molar-refractivity contribution is 6.34. The van der Waals surface area contributed by atoms with Crippen molar-refractivity contribution < 1.29 is 18.7 Å². The van der Waals surface area contributed by atoms with Crippen LogP contribution in [0.4, 0.5) is 8.78 Å². The standard InChI is InChI=1S/C8H5ClF2O2/c9-6-3-4(12)1-2-5(6)7(13)8(10)11/h1-3,8,12H. The van der Waals surface area contributed by atoms with E-state index in [0.29, 0.717) is 0 Å². The molecule has 0 bridgehead atoms. The summed E-state index contributed by atoms with van der Waals surface area (Å²) < 4.78 is 23.8. The predicted molar refractivity (Wildman–Crippen MR) is 43.5 cm³/mol. The van der Waals surface area contributed by atoms with E-state index < -0.39 is 12.2 Å². The van der Waals surface area contributed by atoms with Crippen molar-refractivity contribution in [1.82, 2.24) is 0 Å². The average molecular weight is 207 g/mol. The number of halogens is 3. The Morgan fingerprint density at radius 3 is 2.54 bits per heavy atom.